The molecular formula is C30H18ClNO2. The molecule has 0 bridgehead atoms. The van der Waals surface area contributed by atoms with Crippen LogP contribution in [0, 0.1) is 0 Å². The minimum absolute atomic E-state index is 0.656. The molecule has 5 aromatic carbocycles. The molecule has 0 saturated heterocycles. The van der Waals surface area contributed by atoms with Gasteiger partial charge in [-0.25, -0.2) is 0 Å². The van der Waals surface area contributed by atoms with Crippen LogP contribution in [0.1, 0.15) is 0 Å². The predicted octanol–water partition coefficient (Wildman–Crippen LogP) is 9.61. The summed E-state index contributed by atoms with van der Waals surface area (Å²) in [5, 5.41) is 4.95. The molecule has 3 nitrogen and oxygen atoms in total. The van der Waals surface area contributed by atoms with Gasteiger partial charge < -0.3 is 13.7 Å². The van der Waals surface area contributed by atoms with E-state index in [1.54, 1.807) is 0 Å². The van der Waals surface area contributed by atoms with Gasteiger partial charge in [-0.3, -0.25) is 0 Å². The van der Waals surface area contributed by atoms with Gasteiger partial charge in [0.25, 0.3) is 0 Å². The Labute approximate surface area is 200 Å². The molecule has 2 heterocycles. The summed E-state index contributed by atoms with van der Waals surface area (Å²) in [5.74, 6) is 0. The van der Waals surface area contributed by atoms with E-state index in [0.29, 0.717) is 5.02 Å². The van der Waals surface area contributed by atoms with Gasteiger partial charge in [0.1, 0.15) is 22.3 Å². The normalized spacial score (nSPS) is 11.7. The van der Waals surface area contributed by atoms with Crippen LogP contribution in [0.25, 0.3) is 43.9 Å². The first kappa shape index (κ1) is 19.3. The lowest BCUT2D eigenvalue weighted by Crippen LogP contribution is -2.10. The van der Waals surface area contributed by atoms with Crippen molar-refractivity contribution in [2.75, 3.05) is 4.90 Å². The number of halogens is 1. The molecule has 0 unspecified atom stereocenters. The van der Waals surface area contributed by atoms with Gasteiger partial charge in [0.15, 0.2) is 0 Å². The van der Waals surface area contributed by atoms with Crippen LogP contribution in [-0.4, -0.2) is 0 Å². The van der Waals surface area contributed by atoms with E-state index in [9.17, 15) is 0 Å². The molecule has 4 heteroatoms. The van der Waals surface area contributed by atoms with Gasteiger partial charge in [0, 0.05) is 44.7 Å². The summed E-state index contributed by atoms with van der Waals surface area (Å²) in [5.41, 5.74) is 6.43. The predicted molar refractivity (Wildman–Crippen MR) is 141 cm³/mol. The Morgan fingerprint density at radius 2 is 1.21 bits per heavy atom. The molecule has 34 heavy (non-hydrogen) atoms. The summed E-state index contributed by atoms with van der Waals surface area (Å²) < 4.78 is 12.4. The molecule has 0 amide bonds. The molecule has 0 spiro atoms. The van der Waals surface area contributed by atoms with Crippen LogP contribution >= 0.6 is 11.6 Å². The Kier molecular flexibility index (Phi) is 4.20. The first-order valence-electron chi connectivity index (χ1n) is 11.1. The molecule has 0 fully saturated rings. The Morgan fingerprint density at radius 3 is 2.12 bits per heavy atom. The fourth-order valence-electron chi connectivity index (χ4n) is 4.83. The summed E-state index contributed by atoms with van der Waals surface area (Å²) in [6.07, 6.45) is 0. The van der Waals surface area contributed by atoms with Crippen molar-refractivity contribution in [1.82, 2.24) is 0 Å². The van der Waals surface area contributed by atoms with E-state index >= 15 is 0 Å². The van der Waals surface area contributed by atoms with Crippen molar-refractivity contribution in [2.24, 2.45) is 0 Å². The zero-order chi connectivity index (χ0) is 22.6. The highest BCUT2D eigenvalue weighted by Crippen LogP contribution is 2.44. The summed E-state index contributed by atoms with van der Waals surface area (Å²) in [4.78, 5) is 2.25. The second kappa shape index (κ2) is 7.41. The van der Waals surface area contributed by atoms with Crippen LogP contribution in [0.4, 0.5) is 17.1 Å². The number of hydrogen-bond donors (Lipinski definition) is 0. The molecule has 0 saturated carbocycles. The first-order chi connectivity index (χ1) is 16.8. The van der Waals surface area contributed by atoms with Gasteiger partial charge in [-0.15, -0.1) is 0 Å². The maximum atomic E-state index is 6.25. The van der Waals surface area contributed by atoms with Crippen molar-refractivity contribution < 1.29 is 8.83 Å². The van der Waals surface area contributed by atoms with Gasteiger partial charge in [-0.05, 0) is 54.6 Å². The summed E-state index contributed by atoms with van der Waals surface area (Å²) >= 11 is 6.25. The van der Waals surface area contributed by atoms with Crippen molar-refractivity contribution in [1.29, 1.82) is 0 Å². The molecule has 2 aromatic heterocycles. The van der Waals surface area contributed by atoms with Gasteiger partial charge >= 0.3 is 0 Å². The molecule has 7 rings (SSSR count). The smallest absolute Gasteiger partial charge is 0.137 e. The topological polar surface area (TPSA) is 29.5 Å². The Hall–Kier alpha value is -4.21. The van der Waals surface area contributed by atoms with E-state index < -0.39 is 0 Å². The minimum Gasteiger partial charge on any atom is -0.456 e. The van der Waals surface area contributed by atoms with E-state index in [4.69, 9.17) is 20.4 Å². The monoisotopic (exact) mass is 459 g/mol. The highest BCUT2D eigenvalue weighted by molar-refractivity contribution is 6.31. The van der Waals surface area contributed by atoms with Crippen LogP contribution in [-0.2, 0) is 0 Å². The third kappa shape index (κ3) is 2.91. The summed E-state index contributed by atoms with van der Waals surface area (Å²) in [6.45, 7) is 0. The lowest BCUT2D eigenvalue weighted by Gasteiger charge is -2.26. The average Bonchev–Trinajstić information content (AvgIpc) is 3.42. The van der Waals surface area contributed by atoms with E-state index in [1.165, 1.54) is 0 Å². The van der Waals surface area contributed by atoms with Crippen LogP contribution in [0.3, 0.4) is 0 Å². The molecule has 162 valence electrons. The van der Waals surface area contributed by atoms with E-state index in [2.05, 4.69) is 59.5 Å². The van der Waals surface area contributed by atoms with Crippen molar-refractivity contribution in [2.45, 2.75) is 0 Å². The SMILES string of the molecule is Clc1ccc2c(c1)oc1cccc(N(c3ccccc3)c3ccc4c(c3)oc3ccccc34)c12. The lowest BCUT2D eigenvalue weighted by atomic mass is 10.1. The quantitative estimate of drug-likeness (QED) is 0.263. The number of nitrogens with zero attached hydrogens (tertiary/aromatic N) is 1. The highest BCUT2D eigenvalue weighted by Gasteiger charge is 2.20. The number of hydrogen-bond acceptors (Lipinski definition) is 3. The maximum Gasteiger partial charge on any atom is 0.137 e. The first-order valence-corrected chi connectivity index (χ1v) is 11.5. The summed E-state index contributed by atoms with van der Waals surface area (Å²) in [7, 11) is 0. The fourth-order valence-corrected chi connectivity index (χ4v) is 4.99. The van der Waals surface area contributed by atoms with E-state index in [1.807, 2.05) is 54.6 Å². The van der Waals surface area contributed by atoms with Gasteiger partial charge in [0.2, 0.25) is 0 Å². The average molecular weight is 460 g/mol. The Balaban J connectivity index is 1.52. The van der Waals surface area contributed by atoms with Gasteiger partial charge in [0.05, 0.1) is 11.1 Å². The van der Waals surface area contributed by atoms with Gasteiger partial charge in [-0.2, -0.15) is 0 Å². The molecular weight excluding hydrogens is 442 g/mol. The van der Waals surface area contributed by atoms with Crippen molar-refractivity contribution in [3.63, 3.8) is 0 Å². The molecule has 0 aliphatic rings. The minimum atomic E-state index is 0.656. The van der Waals surface area contributed by atoms with Crippen LogP contribution in [0.2, 0.25) is 5.02 Å². The molecule has 0 aliphatic heterocycles. The molecule has 0 radical (unpaired) electrons. The fraction of sp³-hybridized carbons (Fsp3) is 0. The zero-order valence-electron chi connectivity index (χ0n) is 18.0. The van der Waals surface area contributed by atoms with E-state index in [-0.39, 0.29) is 0 Å². The maximum absolute atomic E-state index is 6.25. The number of para-hydroxylation sites is 2. The molecule has 0 N–H and O–H groups in total. The Morgan fingerprint density at radius 1 is 0.500 bits per heavy atom. The molecule has 7 aromatic rings. The highest BCUT2D eigenvalue weighted by atomic mass is 35.5. The van der Waals surface area contributed by atoms with Crippen LogP contribution in [0.15, 0.2) is 118 Å². The molecule has 0 aliphatic carbocycles. The second-order valence-corrected chi connectivity index (χ2v) is 8.78. The van der Waals surface area contributed by atoms with Crippen LogP contribution < -0.4 is 4.90 Å². The van der Waals surface area contributed by atoms with Crippen molar-refractivity contribution >= 4 is 72.5 Å². The standard InChI is InChI=1S/C30H18ClNO2/c31-19-13-15-24-28(17-19)34-27-12-6-10-25(30(24)27)32(20-7-2-1-3-8-20)21-14-16-23-22-9-4-5-11-26(22)33-29(23)18-21/h1-18H. The molecule has 0 atom stereocenters. The number of rotatable bonds is 3. The summed E-state index contributed by atoms with van der Waals surface area (Å²) in [6, 6.07) is 36.8. The number of fused-ring (bicyclic) bond motifs is 6. The third-order valence-corrected chi connectivity index (χ3v) is 6.55. The van der Waals surface area contributed by atoms with Crippen molar-refractivity contribution in [3.05, 3.63) is 114 Å². The zero-order valence-corrected chi connectivity index (χ0v) is 18.8. The largest absolute Gasteiger partial charge is 0.456 e. The van der Waals surface area contributed by atoms with Gasteiger partial charge in [-0.1, -0.05) is 54.1 Å². The number of anilines is 3. The number of benzene rings is 5. The third-order valence-electron chi connectivity index (χ3n) is 6.31. The second-order valence-electron chi connectivity index (χ2n) is 8.34. The van der Waals surface area contributed by atoms with Crippen molar-refractivity contribution in [3.8, 4) is 0 Å². The number of furan rings is 2. The van der Waals surface area contributed by atoms with Crippen LogP contribution in [0.5, 0.6) is 0 Å². The van der Waals surface area contributed by atoms with E-state index in [0.717, 1.165) is 60.9 Å². The lowest BCUT2D eigenvalue weighted by molar-refractivity contribution is 0.669. The Bertz CT molecular complexity index is 1830.